The molecule has 0 aliphatic heterocycles. The number of carbonyl (C=O) groups is 1. The first kappa shape index (κ1) is 14.7. The highest BCUT2D eigenvalue weighted by Crippen LogP contribution is 2.12. The molecule has 5 heteroatoms. The van der Waals surface area contributed by atoms with E-state index in [-0.39, 0.29) is 0 Å². The van der Waals surface area contributed by atoms with Crippen molar-refractivity contribution in [1.82, 2.24) is 4.98 Å². The van der Waals surface area contributed by atoms with Crippen LogP contribution < -0.4 is 4.74 Å². The molecule has 1 aromatic heterocycles. The van der Waals surface area contributed by atoms with Gasteiger partial charge in [0.1, 0.15) is 5.75 Å². The van der Waals surface area contributed by atoms with Gasteiger partial charge in [0.15, 0.2) is 0 Å². The maximum atomic E-state index is 11.7. The SMILES string of the molecule is COc1ccc(C/C(C)=N/OC(=O)c2cccnc2)cc1. The Morgan fingerprint density at radius 2 is 2.00 bits per heavy atom. The molecule has 0 saturated carbocycles. The third-order valence-corrected chi connectivity index (χ3v) is 2.80. The minimum atomic E-state index is -0.516. The molecule has 0 radical (unpaired) electrons. The summed E-state index contributed by atoms with van der Waals surface area (Å²) in [7, 11) is 1.62. The lowest BCUT2D eigenvalue weighted by Gasteiger charge is -2.03. The molecule has 1 heterocycles. The minimum Gasteiger partial charge on any atom is -0.497 e. The molecule has 0 aliphatic rings. The van der Waals surface area contributed by atoms with Gasteiger partial charge in [-0.05, 0) is 36.8 Å². The zero-order valence-corrected chi connectivity index (χ0v) is 11.9. The van der Waals surface area contributed by atoms with Crippen LogP contribution in [0.5, 0.6) is 5.75 Å². The van der Waals surface area contributed by atoms with E-state index in [1.54, 1.807) is 32.4 Å². The summed E-state index contributed by atoms with van der Waals surface area (Å²) in [6.07, 6.45) is 3.63. The standard InChI is InChI=1S/C16H16N2O3/c1-12(10-13-5-7-15(20-2)8-6-13)18-21-16(19)14-4-3-9-17-11-14/h3-9,11H,10H2,1-2H3/b18-12+. The number of benzene rings is 1. The average Bonchev–Trinajstić information content (AvgIpc) is 2.54. The normalized spacial score (nSPS) is 11.0. The summed E-state index contributed by atoms with van der Waals surface area (Å²) >= 11 is 0. The van der Waals surface area contributed by atoms with Crippen molar-refractivity contribution in [3.8, 4) is 5.75 Å². The van der Waals surface area contributed by atoms with E-state index in [4.69, 9.17) is 9.57 Å². The highest BCUT2D eigenvalue weighted by Gasteiger charge is 2.06. The Balaban J connectivity index is 1.93. The first-order valence-electron chi connectivity index (χ1n) is 6.47. The lowest BCUT2D eigenvalue weighted by Crippen LogP contribution is -2.05. The lowest BCUT2D eigenvalue weighted by molar-refractivity contribution is 0.0514. The Hall–Kier alpha value is -2.69. The Kier molecular flexibility index (Phi) is 5.04. The number of hydrogen-bond acceptors (Lipinski definition) is 5. The molecule has 2 aromatic rings. The van der Waals surface area contributed by atoms with E-state index >= 15 is 0 Å². The molecule has 21 heavy (non-hydrogen) atoms. The molecule has 0 spiro atoms. The van der Waals surface area contributed by atoms with Crippen molar-refractivity contribution in [3.05, 3.63) is 59.9 Å². The second-order valence-corrected chi connectivity index (χ2v) is 4.47. The van der Waals surface area contributed by atoms with Crippen molar-refractivity contribution in [2.75, 3.05) is 7.11 Å². The maximum Gasteiger partial charge on any atom is 0.367 e. The molecule has 0 atom stereocenters. The molecule has 2 rings (SSSR count). The molecular formula is C16H16N2O3. The highest BCUT2D eigenvalue weighted by atomic mass is 16.7. The lowest BCUT2D eigenvalue weighted by atomic mass is 10.1. The van der Waals surface area contributed by atoms with Gasteiger partial charge in [0.2, 0.25) is 0 Å². The second-order valence-electron chi connectivity index (χ2n) is 4.47. The number of rotatable bonds is 5. The molecule has 0 saturated heterocycles. The maximum absolute atomic E-state index is 11.7. The van der Waals surface area contributed by atoms with Gasteiger partial charge in [0, 0.05) is 18.8 Å². The summed E-state index contributed by atoms with van der Waals surface area (Å²) in [6, 6.07) is 10.9. The predicted octanol–water partition coefficient (Wildman–Crippen LogP) is 2.87. The molecule has 1 aromatic carbocycles. The fourth-order valence-corrected chi connectivity index (χ4v) is 1.73. The Labute approximate surface area is 123 Å². The van der Waals surface area contributed by atoms with Gasteiger partial charge in [-0.25, -0.2) is 4.79 Å². The third-order valence-electron chi connectivity index (χ3n) is 2.80. The van der Waals surface area contributed by atoms with Gasteiger partial charge >= 0.3 is 5.97 Å². The summed E-state index contributed by atoms with van der Waals surface area (Å²) in [5.41, 5.74) is 2.14. The van der Waals surface area contributed by atoms with Crippen molar-refractivity contribution >= 4 is 11.7 Å². The summed E-state index contributed by atoms with van der Waals surface area (Å²) in [6.45, 7) is 1.81. The van der Waals surface area contributed by atoms with E-state index in [1.165, 1.54) is 6.20 Å². The molecule has 0 unspecified atom stereocenters. The van der Waals surface area contributed by atoms with Crippen LogP contribution in [0.3, 0.4) is 0 Å². The molecule has 0 amide bonds. The van der Waals surface area contributed by atoms with Crippen molar-refractivity contribution < 1.29 is 14.4 Å². The third kappa shape index (κ3) is 4.42. The molecule has 0 N–H and O–H groups in total. The van der Waals surface area contributed by atoms with Gasteiger partial charge < -0.3 is 9.57 Å². The number of oxime groups is 1. The van der Waals surface area contributed by atoms with Gasteiger partial charge in [-0.15, -0.1) is 0 Å². The van der Waals surface area contributed by atoms with Crippen LogP contribution in [-0.4, -0.2) is 23.8 Å². The molecule has 5 nitrogen and oxygen atoms in total. The van der Waals surface area contributed by atoms with Crippen LogP contribution in [0, 0.1) is 0 Å². The van der Waals surface area contributed by atoms with Crippen LogP contribution in [-0.2, 0) is 11.3 Å². The van der Waals surface area contributed by atoms with E-state index < -0.39 is 5.97 Å². The van der Waals surface area contributed by atoms with Crippen LogP contribution in [0.4, 0.5) is 0 Å². The van der Waals surface area contributed by atoms with Crippen molar-refractivity contribution in [3.63, 3.8) is 0 Å². The number of methoxy groups -OCH3 is 1. The Morgan fingerprint density at radius 1 is 1.24 bits per heavy atom. The molecular weight excluding hydrogens is 268 g/mol. The largest absolute Gasteiger partial charge is 0.497 e. The molecule has 0 bridgehead atoms. The fourth-order valence-electron chi connectivity index (χ4n) is 1.73. The predicted molar refractivity (Wildman–Crippen MR) is 79.5 cm³/mol. The summed E-state index contributed by atoms with van der Waals surface area (Å²) in [5, 5.41) is 3.85. The first-order chi connectivity index (χ1) is 10.2. The van der Waals surface area contributed by atoms with Gasteiger partial charge in [-0.1, -0.05) is 17.3 Å². The topological polar surface area (TPSA) is 60.8 Å². The fraction of sp³-hybridized carbons (Fsp3) is 0.188. The second kappa shape index (κ2) is 7.19. The Morgan fingerprint density at radius 3 is 2.62 bits per heavy atom. The number of ether oxygens (including phenoxy) is 1. The van der Waals surface area contributed by atoms with Gasteiger partial charge in [0.25, 0.3) is 0 Å². The zero-order valence-electron chi connectivity index (χ0n) is 11.9. The van der Waals surface area contributed by atoms with Gasteiger partial charge in [-0.2, -0.15) is 0 Å². The summed E-state index contributed by atoms with van der Waals surface area (Å²) in [4.78, 5) is 20.4. The Bertz CT molecular complexity index is 622. The minimum absolute atomic E-state index is 0.374. The average molecular weight is 284 g/mol. The zero-order chi connectivity index (χ0) is 15.1. The van der Waals surface area contributed by atoms with E-state index in [0.29, 0.717) is 17.7 Å². The summed E-state index contributed by atoms with van der Waals surface area (Å²) < 4.78 is 5.10. The van der Waals surface area contributed by atoms with E-state index in [0.717, 1.165) is 11.3 Å². The van der Waals surface area contributed by atoms with Gasteiger partial charge in [-0.3, -0.25) is 4.98 Å². The van der Waals surface area contributed by atoms with Crippen LogP contribution in [0.1, 0.15) is 22.8 Å². The number of pyridine rings is 1. The van der Waals surface area contributed by atoms with Crippen molar-refractivity contribution in [2.45, 2.75) is 13.3 Å². The van der Waals surface area contributed by atoms with Crippen LogP contribution in [0.15, 0.2) is 53.9 Å². The quantitative estimate of drug-likeness (QED) is 0.481. The number of aromatic nitrogens is 1. The van der Waals surface area contributed by atoms with Crippen LogP contribution >= 0.6 is 0 Å². The van der Waals surface area contributed by atoms with E-state index in [1.807, 2.05) is 24.3 Å². The van der Waals surface area contributed by atoms with E-state index in [2.05, 4.69) is 10.1 Å². The van der Waals surface area contributed by atoms with E-state index in [9.17, 15) is 4.79 Å². The van der Waals surface area contributed by atoms with Gasteiger partial charge in [0.05, 0.1) is 18.4 Å². The number of nitrogens with zero attached hydrogens (tertiary/aromatic N) is 2. The van der Waals surface area contributed by atoms with Crippen LogP contribution in [0.25, 0.3) is 0 Å². The monoisotopic (exact) mass is 284 g/mol. The molecule has 0 fully saturated rings. The van der Waals surface area contributed by atoms with Crippen molar-refractivity contribution in [2.24, 2.45) is 5.16 Å². The number of carbonyl (C=O) groups excluding carboxylic acids is 1. The number of hydrogen-bond donors (Lipinski definition) is 0. The highest BCUT2D eigenvalue weighted by molar-refractivity contribution is 5.90. The molecule has 0 aliphatic carbocycles. The summed E-state index contributed by atoms with van der Waals surface area (Å²) in [5.74, 6) is 0.286. The first-order valence-corrected chi connectivity index (χ1v) is 6.47. The van der Waals surface area contributed by atoms with Crippen molar-refractivity contribution in [1.29, 1.82) is 0 Å². The molecule has 108 valence electrons. The van der Waals surface area contributed by atoms with Crippen LogP contribution in [0.2, 0.25) is 0 Å². The smallest absolute Gasteiger partial charge is 0.367 e.